The lowest BCUT2D eigenvalue weighted by Crippen LogP contribution is -2.44. The second-order valence-corrected chi connectivity index (χ2v) is 6.59. The summed E-state index contributed by atoms with van der Waals surface area (Å²) in [5.41, 5.74) is 3.35. The van der Waals surface area contributed by atoms with Gasteiger partial charge in [0.25, 0.3) is 5.91 Å². The molecule has 1 aromatic carbocycles. The summed E-state index contributed by atoms with van der Waals surface area (Å²) in [5.74, 6) is -0.186. The van der Waals surface area contributed by atoms with Gasteiger partial charge in [0.1, 0.15) is 5.69 Å². The molecule has 1 fully saturated rings. The van der Waals surface area contributed by atoms with Gasteiger partial charge in [0.2, 0.25) is 0 Å². The third-order valence-electron chi connectivity index (χ3n) is 4.49. The van der Waals surface area contributed by atoms with Gasteiger partial charge in [0, 0.05) is 63.5 Å². The molecule has 2 aromatic rings. The Kier molecular flexibility index (Phi) is 5.19. The second-order valence-electron chi connectivity index (χ2n) is 6.59. The lowest BCUT2D eigenvalue weighted by molar-refractivity contribution is 0.102. The van der Waals surface area contributed by atoms with Gasteiger partial charge in [-0.15, -0.1) is 0 Å². The van der Waals surface area contributed by atoms with Gasteiger partial charge < -0.3 is 20.0 Å². The van der Waals surface area contributed by atoms with Crippen molar-refractivity contribution in [3.8, 4) is 0 Å². The largest absolute Gasteiger partial charge is 0.378 e. The SMILES string of the molecule is CN1CCN(c2ccnc(C(=O)Nc3ccc(N(C)C)cc3)c2)CC1. The molecule has 0 atom stereocenters. The predicted molar refractivity (Wildman–Crippen MR) is 103 cm³/mol. The van der Waals surface area contributed by atoms with Crippen LogP contribution in [0, 0.1) is 0 Å². The molecule has 1 aliphatic rings. The Hall–Kier alpha value is -2.60. The van der Waals surface area contributed by atoms with Crippen molar-refractivity contribution in [1.29, 1.82) is 0 Å². The molecular formula is C19H25N5O. The molecule has 1 saturated heterocycles. The van der Waals surface area contributed by atoms with Crippen LogP contribution in [0.5, 0.6) is 0 Å². The smallest absolute Gasteiger partial charge is 0.274 e. The summed E-state index contributed by atoms with van der Waals surface area (Å²) in [4.78, 5) is 23.4. The molecule has 3 rings (SSSR count). The van der Waals surface area contributed by atoms with Gasteiger partial charge in [-0.3, -0.25) is 9.78 Å². The molecule has 25 heavy (non-hydrogen) atoms. The van der Waals surface area contributed by atoms with Crippen molar-refractivity contribution >= 4 is 23.0 Å². The van der Waals surface area contributed by atoms with Crippen LogP contribution in [0.4, 0.5) is 17.1 Å². The second kappa shape index (κ2) is 7.53. The molecule has 0 aliphatic carbocycles. The fourth-order valence-electron chi connectivity index (χ4n) is 2.84. The van der Waals surface area contributed by atoms with E-state index in [4.69, 9.17) is 0 Å². The van der Waals surface area contributed by atoms with Crippen LogP contribution >= 0.6 is 0 Å². The summed E-state index contributed by atoms with van der Waals surface area (Å²) in [7, 11) is 6.10. The fraction of sp³-hybridized carbons (Fsp3) is 0.368. The Morgan fingerprint density at radius 3 is 2.40 bits per heavy atom. The Balaban J connectivity index is 1.68. The number of nitrogens with zero attached hydrogens (tertiary/aromatic N) is 4. The number of carbonyl (C=O) groups is 1. The van der Waals surface area contributed by atoms with Crippen LogP contribution in [0.25, 0.3) is 0 Å². The van der Waals surface area contributed by atoms with E-state index >= 15 is 0 Å². The van der Waals surface area contributed by atoms with Crippen LogP contribution < -0.4 is 15.1 Å². The van der Waals surface area contributed by atoms with Crippen LogP contribution in [0.3, 0.4) is 0 Å². The van der Waals surface area contributed by atoms with Crippen LogP contribution in [0.1, 0.15) is 10.5 Å². The molecular weight excluding hydrogens is 314 g/mol. The van der Waals surface area contributed by atoms with Crippen LogP contribution in [0.15, 0.2) is 42.6 Å². The quantitative estimate of drug-likeness (QED) is 0.925. The van der Waals surface area contributed by atoms with E-state index in [9.17, 15) is 4.79 Å². The number of likely N-dealkylation sites (N-methyl/N-ethyl adjacent to an activating group) is 1. The number of amides is 1. The summed E-state index contributed by atoms with van der Waals surface area (Å²) >= 11 is 0. The zero-order chi connectivity index (χ0) is 17.8. The number of benzene rings is 1. The minimum Gasteiger partial charge on any atom is -0.378 e. The third-order valence-corrected chi connectivity index (χ3v) is 4.49. The fourth-order valence-corrected chi connectivity index (χ4v) is 2.84. The Morgan fingerprint density at radius 1 is 1.08 bits per heavy atom. The number of aromatic nitrogens is 1. The number of rotatable bonds is 4. The van der Waals surface area contributed by atoms with Crippen LogP contribution in [0.2, 0.25) is 0 Å². The topological polar surface area (TPSA) is 51.7 Å². The number of hydrogen-bond acceptors (Lipinski definition) is 5. The van der Waals surface area contributed by atoms with Crippen LogP contribution in [-0.2, 0) is 0 Å². The molecule has 1 N–H and O–H groups in total. The van der Waals surface area contributed by atoms with E-state index in [1.165, 1.54) is 0 Å². The number of hydrogen-bond donors (Lipinski definition) is 1. The standard InChI is InChI=1S/C19H25N5O/c1-22(2)16-6-4-15(5-7-16)21-19(25)18-14-17(8-9-20-18)24-12-10-23(3)11-13-24/h4-9,14H,10-13H2,1-3H3,(H,21,25). The van der Waals surface area contributed by atoms with Crippen molar-refractivity contribution in [3.05, 3.63) is 48.3 Å². The van der Waals surface area contributed by atoms with Crippen molar-refractivity contribution in [3.63, 3.8) is 0 Å². The summed E-state index contributed by atoms with van der Waals surface area (Å²) in [6.07, 6.45) is 1.71. The number of nitrogens with one attached hydrogen (secondary N) is 1. The maximum Gasteiger partial charge on any atom is 0.274 e. The van der Waals surface area contributed by atoms with Crippen LogP contribution in [-0.4, -0.2) is 63.1 Å². The van der Waals surface area contributed by atoms with E-state index in [-0.39, 0.29) is 5.91 Å². The van der Waals surface area contributed by atoms with Gasteiger partial charge in [0.05, 0.1) is 0 Å². The van der Waals surface area contributed by atoms with Gasteiger partial charge in [-0.1, -0.05) is 0 Å². The van der Waals surface area contributed by atoms with E-state index < -0.39 is 0 Å². The minimum atomic E-state index is -0.186. The Morgan fingerprint density at radius 2 is 1.76 bits per heavy atom. The van der Waals surface area contributed by atoms with Crippen molar-refractivity contribution in [2.45, 2.75) is 0 Å². The van der Waals surface area contributed by atoms with E-state index in [1.54, 1.807) is 6.20 Å². The first-order chi connectivity index (χ1) is 12.0. The van der Waals surface area contributed by atoms with Gasteiger partial charge in [-0.05, 0) is 43.4 Å². The Labute approximate surface area is 149 Å². The van der Waals surface area contributed by atoms with E-state index in [0.29, 0.717) is 5.69 Å². The number of piperazine rings is 1. The number of carbonyl (C=O) groups excluding carboxylic acids is 1. The molecule has 0 spiro atoms. The number of pyridine rings is 1. The molecule has 6 nitrogen and oxygen atoms in total. The van der Waals surface area contributed by atoms with Crippen molar-refractivity contribution in [2.24, 2.45) is 0 Å². The molecule has 0 unspecified atom stereocenters. The average Bonchev–Trinajstić information content (AvgIpc) is 2.63. The molecule has 1 aromatic heterocycles. The highest BCUT2D eigenvalue weighted by molar-refractivity contribution is 6.03. The van der Waals surface area contributed by atoms with E-state index in [2.05, 4.69) is 27.1 Å². The molecule has 1 aliphatic heterocycles. The van der Waals surface area contributed by atoms with Crippen molar-refractivity contribution < 1.29 is 4.79 Å². The van der Waals surface area contributed by atoms with Gasteiger partial charge in [0.15, 0.2) is 0 Å². The zero-order valence-electron chi connectivity index (χ0n) is 15.1. The monoisotopic (exact) mass is 339 g/mol. The van der Waals surface area contributed by atoms with Gasteiger partial charge >= 0.3 is 0 Å². The predicted octanol–water partition coefficient (Wildman–Crippen LogP) is 2.15. The number of anilines is 3. The Bertz CT molecular complexity index is 721. The molecule has 1 amide bonds. The third kappa shape index (κ3) is 4.28. The first-order valence-electron chi connectivity index (χ1n) is 8.51. The zero-order valence-corrected chi connectivity index (χ0v) is 15.1. The highest BCUT2D eigenvalue weighted by Gasteiger charge is 2.16. The molecule has 0 radical (unpaired) electrons. The summed E-state index contributed by atoms with van der Waals surface area (Å²) < 4.78 is 0. The van der Waals surface area contributed by atoms with Gasteiger partial charge in [-0.2, -0.15) is 0 Å². The lowest BCUT2D eigenvalue weighted by atomic mass is 10.2. The molecule has 2 heterocycles. The molecule has 132 valence electrons. The normalized spacial score (nSPS) is 15.1. The average molecular weight is 339 g/mol. The maximum absolute atomic E-state index is 12.5. The van der Waals surface area contributed by atoms with Crippen molar-refractivity contribution in [2.75, 3.05) is 62.4 Å². The first kappa shape index (κ1) is 17.2. The lowest BCUT2D eigenvalue weighted by Gasteiger charge is -2.34. The molecule has 0 bridgehead atoms. The first-order valence-corrected chi connectivity index (χ1v) is 8.51. The maximum atomic E-state index is 12.5. The molecule has 0 saturated carbocycles. The van der Waals surface area contributed by atoms with Gasteiger partial charge in [-0.25, -0.2) is 0 Å². The summed E-state index contributed by atoms with van der Waals surface area (Å²) in [6, 6.07) is 11.6. The van der Waals surface area contributed by atoms with E-state index in [0.717, 1.165) is 43.2 Å². The molecule has 6 heteroatoms. The van der Waals surface area contributed by atoms with Crippen molar-refractivity contribution in [1.82, 2.24) is 9.88 Å². The summed E-state index contributed by atoms with van der Waals surface area (Å²) in [6.45, 7) is 3.99. The highest BCUT2D eigenvalue weighted by Crippen LogP contribution is 2.19. The summed E-state index contributed by atoms with van der Waals surface area (Å²) in [5, 5.41) is 2.91. The minimum absolute atomic E-state index is 0.186. The van der Waals surface area contributed by atoms with E-state index in [1.807, 2.05) is 55.4 Å². The highest BCUT2D eigenvalue weighted by atomic mass is 16.1.